The van der Waals surface area contributed by atoms with Crippen LogP contribution in [0, 0.1) is 11.3 Å². The van der Waals surface area contributed by atoms with Crippen LogP contribution in [-0.4, -0.2) is 77.1 Å². The van der Waals surface area contributed by atoms with Crippen molar-refractivity contribution in [1.82, 2.24) is 4.90 Å². The first-order chi connectivity index (χ1) is 17.3. The van der Waals surface area contributed by atoms with E-state index >= 15 is 0 Å². The molecule has 0 aromatic heterocycles. The Morgan fingerprint density at radius 3 is 2.08 bits per heavy atom. The van der Waals surface area contributed by atoms with Gasteiger partial charge in [-0.2, -0.15) is 0 Å². The van der Waals surface area contributed by atoms with Gasteiger partial charge in [-0.1, -0.05) is 12.8 Å². The van der Waals surface area contributed by atoms with Crippen LogP contribution in [0.5, 0.6) is 0 Å². The number of benzene rings is 1. The Kier molecular flexibility index (Phi) is 9.04. The van der Waals surface area contributed by atoms with Gasteiger partial charge >= 0.3 is 0 Å². The van der Waals surface area contributed by atoms with Crippen molar-refractivity contribution in [2.75, 3.05) is 82.0 Å². The van der Waals surface area contributed by atoms with Crippen LogP contribution < -0.4 is 9.80 Å². The summed E-state index contributed by atoms with van der Waals surface area (Å²) in [4.78, 5) is 7.99. The van der Waals surface area contributed by atoms with Gasteiger partial charge in [0.2, 0.25) is 0 Å². The maximum absolute atomic E-state index is 5.64. The van der Waals surface area contributed by atoms with Crippen LogP contribution in [0.1, 0.15) is 75.7 Å². The van der Waals surface area contributed by atoms with Crippen LogP contribution in [-0.2, 0) is 9.47 Å². The molecule has 2 saturated carbocycles. The highest BCUT2D eigenvalue weighted by atomic mass is 35.5. The Labute approximate surface area is 225 Å². The molecule has 0 atom stereocenters. The molecule has 2 aliphatic carbocycles. The standard InChI is InChI=1S/C30H47N3O2.ClH/c1-2-10-30(9-1)11-5-26(6-12-30)28-23-27(32-17-21-35-22-18-32)3-4-29(28)33-15-13-31(14-16-33)24-25-7-19-34-20-8-25;/h3-4,23,25-26H,1-2,5-22,24H2;1H. The monoisotopic (exact) mass is 517 g/mol. The number of halogens is 1. The lowest BCUT2D eigenvalue weighted by atomic mass is 9.68. The first kappa shape index (κ1) is 26.6. The third-order valence-electron chi connectivity index (χ3n) is 10.1. The summed E-state index contributed by atoms with van der Waals surface area (Å²) >= 11 is 0. The van der Waals surface area contributed by atoms with Gasteiger partial charge in [0, 0.05) is 70.4 Å². The maximum atomic E-state index is 5.64. The predicted molar refractivity (Wildman–Crippen MR) is 151 cm³/mol. The molecular weight excluding hydrogens is 470 g/mol. The molecule has 5 nitrogen and oxygen atoms in total. The molecule has 0 radical (unpaired) electrons. The largest absolute Gasteiger partial charge is 0.381 e. The van der Waals surface area contributed by atoms with E-state index in [0.717, 1.165) is 51.4 Å². The van der Waals surface area contributed by atoms with E-state index in [1.807, 2.05) is 0 Å². The van der Waals surface area contributed by atoms with Gasteiger partial charge in [0.05, 0.1) is 13.2 Å². The Morgan fingerprint density at radius 1 is 0.722 bits per heavy atom. The molecule has 0 unspecified atom stereocenters. The van der Waals surface area contributed by atoms with Crippen LogP contribution in [0.15, 0.2) is 18.2 Å². The molecule has 0 N–H and O–H groups in total. The summed E-state index contributed by atoms with van der Waals surface area (Å²) in [7, 11) is 0. The highest BCUT2D eigenvalue weighted by Crippen LogP contribution is 2.53. The third kappa shape index (κ3) is 6.00. The van der Waals surface area contributed by atoms with Gasteiger partial charge in [-0.05, 0) is 92.4 Å². The van der Waals surface area contributed by atoms with Gasteiger partial charge < -0.3 is 19.3 Å². The Balaban J connectivity index is 0.00000267. The molecule has 0 bridgehead atoms. The van der Waals surface area contributed by atoms with Crippen molar-refractivity contribution in [2.45, 2.75) is 70.1 Å². The Hall–Kier alpha value is -1.01. The summed E-state index contributed by atoms with van der Waals surface area (Å²) in [6.07, 6.45) is 14.1. The number of hydrogen-bond acceptors (Lipinski definition) is 5. The molecular formula is C30H48ClN3O2. The molecule has 5 fully saturated rings. The van der Waals surface area contributed by atoms with Crippen molar-refractivity contribution in [3.05, 3.63) is 23.8 Å². The highest BCUT2D eigenvalue weighted by molar-refractivity contribution is 5.85. The van der Waals surface area contributed by atoms with Gasteiger partial charge in [-0.3, -0.25) is 4.90 Å². The van der Waals surface area contributed by atoms with E-state index in [1.165, 1.54) is 103 Å². The normalized spacial score (nSPS) is 26.3. The molecule has 5 aliphatic rings. The van der Waals surface area contributed by atoms with E-state index in [0.29, 0.717) is 5.41 Å². The zero-order valence-corrected chi connectivity index (χ0v) is 23.1. The fourth-order valence-electron chi connectivity index (χ4n) is 7.81. The van der Waals surface area contributed by atoms with Gasteiger partial charge in [0.1, 0.15) is 0 Å². The second kappa shape index (κ2) is 12.2. The third-order valence-corrected chi connectivity index (χ3v) is 10.1. The first-order valence-corrected chi connectivity index (χ1v) is 14.8. The van der Waals surface area contributed by atoms with Crippen molar-refractivity contribution in [3.8, 4) is 0 Å². The van der Waals surface area contributed by atoms with Crippen LogP contribution in [0.25, 0.3) is 0 Å². The summed E-state index contributed by atoms with van der Waals surface area (Å²) in [6, 6.07) is 7.47. The highest BCUT2D eigenvalue weighted by Gasteiger charge is 2.38. The fraction of sp³-hybridized carbons (Fsp3) is 0.800. The van der Waals surface area contributed by atoms with Gasteiger partial charge in [0.15, 0.2) is 0 Å². The average molecular weight is 518 g/mol. The fourth-order valence-corrected chi connectivity index (χ4v) is 7.81. The average Bonchev–Trinajstić information content (AvgIpc) is 3.38. The molecule has 3 aliphatic heterocycles. The number of hydrogen-bond donors (Lipinski definition) is 0. The van der Waals surface area contributed by atoms with Crippen LogP contribution in [0.2, 0.25) is 0 Å². The maximum Gasteiger partial charge on any atom is 0.0642 e. The molecule has 0 amide bonds. The minimum absolute atomic E-state index is 0. The predicted octanol–water partition coefficient (Wildman–Crippen LogP) is 5.71. The van der Waals surface area contributed by atoms with Crippen LogP contribution >= 0.6 is 12.4 Å². The molecule has 6 rings (SSSR count). The lowest BCUT2D eigenvalue weighted by Crippen LogP contribution is -2.48. The summed E-state index contributed by atoms with van der Waals surface area (Å²) in [5.41, 5.74) is 5.32. The number of nitrogens with zero attached hydrogens (tertiary/aromatic N) is 3. The van der Waals surface area contributed by atoms with E-state index in [-0.39, 0.29) is 12.4 Å². The smallest absolute Gasteiger partial charge is 0.0642 e. The number of piperazine rings is 1. The van der Waals surface area contributed by atoms with E-state index < -0.39 is 0 Å². The zero-order chi connectivity index (χ0) is 23.5. The number of rotatable bonds is 5. The molecule has 3 saturated heterocycles. The minimum Gasteiger partial charge on any atom is -0.381 e. The molecule has 1 aromatic rings. The van der Waals surface area contributed by atoms with Crippen molar-refractivity contribution < 1.29 is 9.47 Å². The lowest BCUT2D eigenvalue weighted by Gasteiger charge is -2.42. The van der Waals surface area contributed by atoms with Crippen molar-refractivity contribution in [3.63, 3.8) is 0 Å². The number of ether oxygens (including phenoxy) is 2. The quantitative estimate of drug-likeness (QED) is 0.498. The zero-order valence-electron chi connectivity index (χ0n) is 22.3. The van der Waals surface area contributed by atoms with E-state index in [9.17, 15) is 0 Å². The Morgan fingerprint density at radius 2 is 1.39 bits per heavy atom. The molecule has 3 heterocycles. The van der Waals surface area contributed by atoms with Crippen molar-refractivity contribution in [2.24, 2.45) is 11.3 Å². The lowest BCUT2D eigenvalue weighted by molar-refractivity contribution is 0.0517. The van der Waals surface area contributed by atoms with E-state index in [1.54, 1.807) is 11.3 Å². The van der Waals surface area contributed by atoms with Crippen molar-refractivity contribution in [1.29, 1.82) is 0 Å². The molecule has 1 spiro atoms. The van der Waals surface area contributed by atoms with Crippen LogP contribution in [0.3, 0.4) is 0 Å². The Bertz CT molecular complexity index is 815. The molecule has 6 heteroatoms. The van der Waals surface area contributed by atoms with Gasteiger partial charge in [-0.15, -0.1) is 12.4 Å². The van der Waals surface area contributed by atoms with Gasteiger partial charge in [-0.25, -0.2) is 0 Å². The summed E-state index contributed by atoms with van der Waals surface area (Å²) in [5, 5.41) is 0. The molecule has 36 heavy (non-hydrogen) atoms. The van der Waals surface area contributed by atoms with Crippen molar-refractivity contribution >= 4 is 23.8 Å². The second-order valence-corrected chi connectivity index (χ2v) is 12.2. The molecule has 1 aromatic carbocycles. The topological polar surface area (TPSA) is 28.2 Å². The SMILES string of the molecule is Cl.c1cc(N2CCN(CC3CCOCC3)CC2)c(C2CCC3(CCCC3)CC2)cc1N1CCOCC1. The first-order valence-electron chi connectivity index (χ1n) is 14.8. The summed E-state index contributed by atoms with van der Waals surface area (Å²) in [6.45, 7) is 11.7. The molecule has 202 valence electrons. The van der Waals surface area contributed by atoms with Gasteiger partial charge in [0.25, 0.3) is 0 Å². The van der Waals surface area contributed by atoms with E-state index in [4.69, 9.17) is 9.47 Å². The van der Waals surface area contributed by atoms with E-state index in [2.05, 4.69) is 32.9 Å². The summed E-state index contributed by atoms with van der Waals surface area (Å²) < 4.78 is 11.2. The number of morpholine rings is 1. The summed E-state index contributed by atoms with van der Waals surface area (Å²) in [5.74, 6) is 1.57. The second-order valence-electron chi connectivity index (χ2n) is 12.2. The van der Waals surface area contributed by atoms with Crippen LogP contribution in [0.4, 0.5) is 11.4 Å². The number of anilines is 2. The minimum atomic E-state index is 0.